The topological polar surface area (TPSA) is 82.9 Å². The maximum Gasteiger partial charge on any atom is 0.282 e. The first-order valence-corrected chi connectivity index (χ1v) is 8.63. The first-order valence-electron chi connectivity index (χ1n) is 7.23. The summed E-state index contributed by atoms with van der Waals surface area (Å²) in [4.78, 5) is 0. The van der Waals surface area contributed by atoms with Gasteiger partial charge in [-0.2, -0.15) is 22.3 Å². The van der Waals surface area contributed by atoms with E-state index in [-0.39, 0.29) is 24.9 Å². The van der Waals surface area contributed by atoms with Crippen LogP contribution < -0.4 is 0 Å². The minimum atomic E-state index is -3.53. The molecule has 7 nitrogen and oxygen atoms in total. The highest BCUT2D eigenvalue weighted by Gasteiger charge is 2.46. The van der Waals surface area contributed by atoms with Gasteiger partial charge in [0, 0.05) is 51.7 Å². The molecular weight excluding hydrogens is 294 g/mol. The van der Waals surface area contributed by atoms with Crippen molar-refractivity contribution < 1.29 is 17.9 Å². The fourth-order valence-electron chi connectivity index (χ4n) is 2.94. The predicted molar refractivity (Wildman–Crippen MR) is 76.7 cm³/mol. The Labute approximate surface area is 126 Å². The lowest BCUT2D eigenvalue weighted by molar-refractivity contribution is 0.156. The van der Waals surface area contributed by atoms with Crippen LogP contribution in [0.5, 0.6) is 0 Å². The maximum atomic E-state index is 12.7. The summed E-state index contributed by atoms with van der Waals surface area (Å²) in [5.74, 6) is 0. The fraction of sp³-hybridized carbons (Fsp3) is 0.923. The Morgan fingerprint density at radius 1 is 1.43 bits per heavy atom. The number of ether oxygens (including phenoxy) is 2. The van der Waals surface area contributed by atoms with Gasteiger partial charge < -0.3 is 9.47 Å². The van der Waals surface area contributed by atoms with Crippen molar-refractivity contribution in [2.24, 2.45) is 5.41 Å². The molecule has 1 atom stereocenters. The van der Waals surface area contributed by atoms with Gasteiger partial charge in [0.05, 0.1) is 19.3 Å². The van der Waals surface area contributed by atoms with E-state index < -0.39 is 10.2 Å². The van der Waals surface area contributed by atoms with Crippen LogP contribution in [-0.2, 0) is 19.7 Å². The first kappa shape index (κ1) is 16.6. The van der Waals surface area contributed by atoms with Crippen LogP contribution >= 0.6 is 0 Å². The minimum absolute atomic E-state index is 0.00474. The third-order valence-corrected chi connectivity index (χ3v) is 6.24. The Balaban J connectivity index is 2.05. The summed E-state index contributed by atoms with van der Waals surface area (Å²) in [6.45, 7) is 3.23. The molecule has 0 aromatic carbocycles. The molecule has 120 valence electrons. The van der Waals surface area contributed by atoms with Crippen molar-refractivity contribution in [2.75, 3.05) is 53.1 Å². The van der Waals surface area contributed by atoms with Crippen molar-refractivity contribution >= 4 is 10.2 Å². The van der Waals surface area contributed by atoms with Gasteiger partial charge in [-0.1, -0.05) is 0 Å². The SMILES string of the molecule is COCCN(CCC#N)S(=O)(=O)N1CCC2(CCOC2)C1. The second kappa shape index (κ2) is 7.03. The van der Waals surface area contributed by atoms with Crippen LogP contribution in [0.1, 0.15) is 19.3 Å². The molecule has 0 radical (unpaired) electrons. The molecule has 0 aromatic heterocycles. The third kappa shape index (κ3) is 3.73. The van der Waals surface area contributed by atoms with E-state index in [1.807, 2.05) is 6.07 Å². The summed E-state index contributed by atoms with van der Waals surface area (Å²) in [7, 11) is -1.99. The Bertz CT molecular complexity index is 482. The van der Waals surface area contributed by atoms with Crippen molar-refractivity contribution in [3.05, 3.63) is 0 Å². The molecule has 0 aromatic rings. The summed E-state index contributed by atoms with van der Waals surface area (Å²) in [6.07, 6.45) is 1.96. The standard InChI is InChI=1S/C13H23N3O4S/c1-19-10-8-15(6-2-5-14)21(17,18)16-7-3-13(11-16)4-9-20-12-13/h2-4,6-12H2,1H3. The van der Waals surface area contributed by atoms with E-state index in [2.05, 4.69) is 0 Å². The molecule has 2 aliphatic rings. The molecular formula is C13H23N3O4S. The summed E-state index contributed by atoms with van der Waals surface area (Å²) >= 11 is 0. The number of hydrogen-bond acceptors (Lipinski definition) is 5. The lowest BCUT2D eigenvalue weighted by Crippen LogP contribution is -2.45. The summed E-state index contributed by atoms with van der Waals surface area (Å²) < 4.78 is 38.8. The van der Waals surface area contributed by atoms with Gasteiger partial charge in [-0.25, -0.2) is 0 Å². The van der Waals surface area contributed by atoms with Crippen LogP contribution in [0.2, 0.25) is 0 Å². The van der Waals surface area contributed by atoms with Crippen LogP contribution in [-0.4, -0.2) is 70.1 Å². The van der Waals surface area contributed by atoms with Gasteiger partial charge in [-0.05, 0) is 12.8 Å². The van der Waals surface area contributed by atoms with Gasteiger partial charge in [-0.3, -0.25) is 0 Å². The number of rotatable bonds is 7. The van der Waals surface area contributed by atoms with E-state index in [9.17, 15) is 8.42 Å². The summed E-state index contributed by atoms with van der Waals surface area (Å²) in [5.41, 5.74) is -0.00474. The molecule has 2 aliphatic heterocycles. The Morgan fingerprint density at radius 3 is 2.86 bits per heavy atom. The van der Waals surface area contributed by atoms with Crippen LogP contribution in [0.3, 0.4) is 0 Å². The number of methoxy groups -OCH3 is 1. The third-order valence-electron chi connectivity index (χ3n) is 4.26. The van der Waals surface area contributed by atoms with Gasteiger partial charge >= 0.3 is 0 Å². The van der Waals surface area contributed by atoms with Gasteiger partial charge in [0.2, 0.25) is 0 Å². The molecule has 0 saturated carbocycles. The van der Waals surface area contributed by atoms with Gasteiger partial charge in [-0.15, -0.1) is 0 Å². The summed E-state index contributed by atoms with van der Waals surface area (Å²) in [5, 5.41) is 8.71. The first-order chi connectivity index (χ1) is 10.0. The van der Waals surface area contributed by atoms with Crippen LogP contribution in [0.15, 0.2) is 0 Å². The largest absolute Gasteiger partial charge is 0.383 e. The second-order valence-electron chi connectivity index (χ2n) is 5.69. The van der Waals surface area contributed by atoms with Crippen molar-refractivity contribution in [3.8, 4) is 6.07 Å². The molecule has 0 amide bonds. The fourth-order valence-corrected chi connectivity index (χ4v) is 4.65. The molecule has 21 heavy (non-hydrogen) atoms. The highest BCUT2D eigenvalue weighted by molar-refractivity contribution is 7.86. The molecule has 2 heterocycles. The van der Waals surface area contributed by atoms with Gasteiger partial charge in [0.25, 0.3) is 10.2 Å². The quantitative estimate of drug-likeness (QED) is 0.670. The van der Waals surface area contributed by atoms with Gasteiger partial charge in [0.1, 0.15) is 0 Å². The molecule has 0 bridgehead atoms. The lowest BCUT2D eigenvalue weighted by atomic mass is 9.87. The molecule has 8 heteroatoms. The maximum absolute atomic E-state index is 12.7. The van der Waals surface area contributed by atoms with Crippen LogP contribution in [0, 0.1) is 16.7 Å². The van der Waals surface area contributed by atoms with E-state index >= 15 is 0 Å². The molecule has 1 spiro atoms. The number of hydrogen-bond donors (Lipinski definition) is 0. The molecule has 1 unspecified atom stereocenters. The highest BCUT2D eigenvalue weighted by atomic mass is 32.2. The normalized spacial score (nSPS) is 26.7. The zero-order chi connectivity index (χ0) is 15.3. The van der Waals surface area contributed by atoms with Crippen molar-refractivity contribution in [1.82, 2.24) is 8.61 Å². The zero-order valence-corrected chi connectivity index (χ0v) is 13.3. The summed E-state index contributed by atoms with van der Waals surface area (Å²) in [6, 6.07) is 2.00. The van der Waals surface area contributed by atoms with Crippen LogP contribution in [0.4, 0.5) is 0 Å². The monoisotopic (exact) mass is 317 g/mol. The molecule has 0 N–H and O–H groups in total. The molecule has 2 rings (SSSR count). The Morgan fingerprint density at radius 2 is 2.24 bits per heavy atom. The zero-order valence-electron chi connectivity index (χ0n) is 12.5. The number of nitriles is 1. The van der Waals surface area contributed by atoms with E-state index in [4.69, 9.17) is 14.7 Å². The highest BCUT2D eigenvalue weighted by Crippen LogP contribution is 2.39. The van der Waals surface area contributed by atoms with E-state index in [1.54, 1.807) is 0 Å². The predicted octanol–water partition coefficient (Wildman–Crippen LogP) is 0.206. The lowest BCUT2D eigenvalue weighted by Gasteiger charge is -2.28. The average Bonchev–Trinajstić information content (AvgIpc) is 3.10. The van der Waals surface area contributed by atoms with E-state index in [0.29, 0.717) is 26.3 Å². The van der Waals surface area contributed by atoms with Crippen LogP contribution in [0.25, 0.3) is 0 Å². The number of nitrogens with zero attached hydrogens (tertiary/aromatic N) is 3. The van der Waals surface area contributed by atoms with Gasteiger partial charge in [0.15, 0.2) is 0 Å². The van der Waals surface area contributed by atoms with Crippen molar-refractivity contribution in [1.29, 1.82) is 5.26 Å². The minimum Gasteiger partial charge on any atom is -0.383 e. The van der Waals surface area contributed by atoms with Crippen molar-refractivity contribution in [3.63, 3.8) is 0 Å². The Kier molecular flexibility index (Phi) is 5.57. The molecule has 2 fully saturated rings. The van der Waals surface area contributed by atoms with E-state index in [0.717, 1.165) is 19.4 Å². The second-order valence-corrected chi connectivity index (χ2v) is 7.62. The smallest absolute Gasteiger partial charge is 0.282 e. The molecule has 2 saturated heterocycles. The molecule has 0 aliphatic carbocycles. The Hall–Kier alpha value is -0.720. The van der Waals surface area contributed by atoms with E-state index in [1.165, 1.54) is 15.7 Å². The average molecular weight is 317 g/mol. The van der Waals surface area contributed by atoms with Crippen molar-refractivity contribution in [2.45, 2.75) is 19.3 Å².